The number of nitrogens with zero attached hydrogens (tertiary/aromatic N) is 2. The van der Waals surface area contributed by atoms with E-state index in [1.165, 1.54) is 87.0 Å². The van der Waals surface area contributed by atoms with Crippen molar-refractivity contribution in [3.8, 4) is 33.6 Å². The van der Waals surface area contributed by atoms with Crippen LogP contribution >= 0.6 is 11.8 Å². The lowest BCUT2D eigenvalue weighted by Gasteiger charge is -2.21. The lowest BCUT2D eigenvalue weighted by molar-refractivity contribution is 1.03. The van der Waals surface area contributed by atoms with Gasteiger partial charge in [0.25, 0.3) is 0 Å². The number of rotatable bonds is 3. The standard InChI is InChI=1S/C42H26N2S/c1-2-15-31(16-3-1)43-36-24-23-29(28-13-8-14-30(25-28)33-18-9-12-27-11-4-5-17-32(27)33)26-35(36)40-34-19-10-22-39-41(34)44(42(40)43)37-20-6-7-21-38(37)45-39/h1-26H. The molecule has 2 aromatic heterocycles. The summed E-state index contributed by atoms with van der Waals surface area (Å²) in [7, 11) is 0. The van der Waals surface area contributed by atoms with Crippen molar-refractivity contribution in [1.82, 2.24) is 9.13 Å². The first-order chi connectivity index (χ1) is 22.3. The van der Waals surface area contributed by atoms with Crippen molar-refractivity contribution in [3.05, 3.63) is 158 Å². The van der Waals surface area contributed by atoms with Crippen LogP contribution in [0.15, 0.2) is 168 Å². The second kappa shape index (κ2) is 9.49. The van der Waals surface area contributed by atoms with Crippen molar-refractivity contribution in [3.63, 3.8) is 0 Å². The van der Waals surface area contributed by atoms with Crippen molar-refractivity contribution in [2.75, 3.05) is 0 Å². The second-order valence-electron chi connectivity index (χ2n) is 11.8. The van der Waals surface area contributed by atoms with Crippen LogP contribution in [-0.2, 0) is 0 Å². The minimum Gasteiger partial charge on any atom is -0.295 e. The van der Waals surface area contributed by atoms with E-state index < -0.39 is 0 Å². The van der Waals surface area contributed by atoms with Gasteiger partial charge in [0, 0.05) is 31.6 Å². The molecule has 9 aromatic rings. The zero-order valence-corrected chi connectivity index (χ0v) is 25.1. The highest BCUT2D eigenvalue weighted by Crippen LogP contribution is 2.49. The highest BCUT2D eigenvalue weighted by molar-refractivity contribution is 7.99. The van der Waals surface area contributed by atoms with Crippen LogP contribution < -0.4 is 0 Å². The molecule has 3 heteroatoms. The largest absolute Gasteiger partial charge is 0.295 e. The molecule has 45 heavy (non-hydrogen) atoms. The van der Waals surface area contributed by atoms with Gasteiger partial charge in [-0.25, -0.2) is 0 Å². The van der Waals surface area contributed by atoms with Crippen LogP contribution in [0.2, 0.25) is 0 Å². The minimum absolute atomic E-state index is 1.17. The molecule has 1 aliphatic rings. The number of benzene rings is 7. The SMILES string of the molecule is c1ccc(-n2c3ccc(-c4cccc(-c5cccc6ccccc56)c4)cc3c3c4cccc5c4n(c32)-c2ccccc2S5)cc1. The predicted molar refractivity (Wildman–Crippen MR) is 190 cm³/mol. The van der Waals surface area contributed by atoms with Crippen LogP contribution in [0.3, 0.4) is 0 Å². The quantitative estimate of drug-likeness (QED) is 0.199. The maximum atomic E-state index is 2.50. The van der Waals surface area contributed by atoms with Gasteiger partial charge in [-0.2, -0.15) is 0 Å². The van der Waals surface area contributed by atoms with Gasteiger partial charge in [0.2, 0.25) is 0 Å². The van der Waals surface area contributed by atoms with Crippen LogP contribution in [-0.4, -0.2) is 9.13 Å². The van der Waals surface area contributed by atoms with Gasteiger partial charge in [-0.1, -0.05) is 121 Å². The highest BCUT2D eigenvalue weighted by Gasteiger charge is 2.27. The Morgan fingerprint density at radius 3 is 2.11 bits per heavy atom. The molecule has 0 unspecified atom stereocenters. The van der Waals surface area contributed by atoms with E-state index in [4.69, 9.17) is 0 Å². The minimum atomic E-state index is 1.17. The normalized spacial score (nSPS) is 12.4. The third kappa shape index (κ3) is 3.59. The Morgan fingerprint density at radius 1 is 0.444 bits per heavy atom. The van der Waals surface area contributed by atoms with E-state index in [1.54, 1.807) is 0 Å². The Morgan fingerprint density at radius 2 is 1.16 bits per heavy atom. The zero-order valence-electron chi connectivity index (χ0n) is 24.3. The molecule has 2 nitrogen and oxygen atoms in total. The fraction of sp³-hybridized carbons (Fsp3) is 0. The molecule has 0 atom stereocenters. The van der Waals surface area contributed by atoms with E-state index >= 15 is 0 Å². The van der Waals surface area contributed by atoms with Crippen molar-refractivity contribution >= 4 is 55.4 Å². The fourth-order valence-electron chi connectivity index (χ4n) is 7.34. The van der Waals surface area contributed by atoms with Crippen molar-refractivity contribution in [2.45, 2.75) is 9.79 Å². The molecule has 0 radical (unpaired) electrons. The number of aromatic nitrogens is 2. The molecule has 0 aliphatic carbocycles. The Hall–Kier alpha value is -5.51. The van der Waals surface area contributed by atoms with Crippen LogP contribution in [0.5, 0.6) is 0 Å². The third-order valence-electron chi connectivity index (χ3n) is 9.28. The van der Waals surface area contributed by atoms with E-state index in [2.05, 4.69) is 167 Å². The molecular weight excluding hydrogens is 565 g/mol. The molecule has 0 saturated carbocycles. The molecule has 0 amide bonds. The van der Waals surface area contributed by atoms with E-state index in [0.29, 0.717) is 0 Å². The second-order valence-corrected chi connectivity index (χ2v) is 12.9. The molecule has 0 fully saturated rings. The fourth-order valence-corrected chi connectivity index (χ4v) is 8.43. The molecule has 0 N–H and O–H groups in total. The summed E-state index contributed by atoms with van der Waals surface area (Å²) in [6, 6.07) is 57.6. The van der Waals surface area contributed by atoms with E-state index in [0.717, 1.165) is 0 Å². The molecule has 3 heterocycles. The van der Waals surface area contributed by atoms with E-state index in [9.17, 15) is 0 Å². The predicted octanol–water partition coefficient (Wildman–Crippen LogP) is 11.7. The van der Waals surface area contributed by atoms with Gasteiger partial charge in [0.05, 0.1) is 16.7 Å². The summed E-state index contributed by atoms with van der Waals surface area (Å²) < 4.78 is 4.96. The van der Waals surface area contributed by atoms with Gasteiger partial charge in [0.15, 0.2) is 0 Å². The van der Waals surface area contributed by atoms with E-state index in [1.807, 2.05) is 11.8 Å². The van der Waals surface area contributed by atoms with E-state index in [-0.39, 0.29) is 0 Å². The molecule has 0 saturated heterocycles. The summed E-state index contributed by atoms with van der Waals surface area (Å²) in [5.74, 6) is 0. The molecule has 1 aliphatic heterocycles. The molecule has 210 valence electrons. The Labute approximate surface area is 264 Å². The summed E-state index contributed by atoms with van der Waals surface area (Å²) in [6.45, 7) is 0. The summed E-state index contributed by atoms with van der Waals surface area (Å²) in [4.78, 5) is 2.58. The smallest absolute Gasteiger partial charge is 0.131 e. The monoisotopic (exact) mass is 590 g/mol. The summed E-state index contributed by atoms with van der Waals surface area (Å²) in [5, 5.41) is 6.41. The maximum Gasteiger partial charge on any atom is 0.131 e. The topological polar surface area (TPSA) is 9.86 Å². The van der Waals surface area contributed by atoms with Gasteiger partial charge in [0.1, 0.15) is 5.65 Å². The number of hydrogen-bond donors (Lipinski definition) is 0. The molecular formula is C42H26N2S. The van der Waals surface area contributed by atoms with Gasteiger partial charge in [-0.15, -0.1) is 0 Å². The molecule has 10 rings (SSSR count). The average molecular weight is 591 g/mol. The van der Waals surface area contributed by atoms with Gasteiger partial charge in [-0.3, -0.25) is 9.13 Å². The lowest BCUT2D eigenvalue weighted by atomic mass is 9.95. The first-order valence-electron chi connectivity index (χ1n) is 15.4. The van der Waals surface area contributed by atoms with Crippen LogP contribution in [0, 0.1) is 0 Å². The van der Waals surface area contributed by atoms with Crippen LogP contribution in [0.1, 0.15) is 0 Å². The lowest BCUT2D eigenvalue weighted by Crippen LogP contribution is -2.05. The Balaban J connectivity index is 1.27. The van der Waals surface area contributed by atoms with Crippen molar-refractivity contribution in [2.24, 2.45) is 0 Å². The first-order valence-corrected chi connectivity index (χ1v) is 16.2. The van der Waals surface area contributed by atoms with Gasteiger partial charge >= 0.3 is 0 Å². The molecule has 0 bridgehead atoms. The van der Waals surface area contributed by atoms with Crippen LogP contribution in [0.25, 0.3) is 77.2 Å². The summed E-state index contributed by atoms with van der Waals surface area (Å²) in [6.07, 6.45) is 0. The van der Waals surface area contributed by atoms with Crippen molar-refractivity contribution < 1.29 is 0 Å². The Bertz CT molecular complexity index is 2620. The number of fused-ring (bicyclic) bond motifs is 8. The first kappa shape index (κ1) is 24.9. The number of hydrogen-bond acceptors (Lipinski definition) is 1. The molecule has 7 aromatic carbocycles. The van der Waals surface area contributed by atoms with Gasteiger partial charge < -0.3 is 0 Å². The molecule has 0 spiro atoms. The number of para-hydroxylation sites is 3. The summed E-state index contributed by atoms with van der Waals surface area (Å²) in [5.41, 5.74) is 11.1. The zero-order chi connectivity index (χ0) is 29.5. The van der Waals surface area contributed by atoms with Crippen molar-refractivity contribution in [1.29, 1.82) is 0 Å². The third-order valence-corrected chi connectivity index (χ3v) is 10.4. The average Bonchev–Trinajstić information content (AvgIpc) is 3.62. The summed E-state index contributed by atoms with van der Waals surface area (Å²) >= 11 is 1.87. The van der Waals surface area contributed by atoms with Gasteiger partial charge in [-0.05, 0) is 81.6 Å². The van der Waals surface area contributed by atoms with Crippen LogP contribution in [0.4, 0.5) is 0 Å². The Kier molecular flexibility index (Phi) is 5.25. The maximum absolute atomic E-state index is 2.50. The highest BCUT2D eigenvalue weighted by atomic mass is 32.2.